The Hall–Kier alpha value is -0.160. The normalized spacial score (nSPS) is 13.7. The largest absolute Gasteiger partial charge is 0.383 e. The van der Waals surface area contributed by atoms with E-state index < -0.39 is 0 Å². The minimum absolute atomic E-state index is 0.264. The molecule has 0 rings (SSSR count). The molecule has 0 heterocycles. The Labute approximate surface area is 99.9 Å². The van der Waals surface area contributed by atoms with Gasteiger partial charge in [-0.3, -0.25) is 4.90 Å². The van der Waals surface area contributed by atoms with Gasteiger partial charge in [-0.05, 0) is 20.4 Å². The molecule has 4 heteroatoms. The van der Waals surface area contributed by atoms with Crippen molar-refractivity contribution in [2.45, 2.75) is 32.9 Å². The predicted octanol–water partition coefficient (Wildman–Crippen LogP) is 1.39. The number of methoxy groups -OCH3 is 2. The molecule has 98 valence electrons. The summed E-state index contributed by atoms with van der Waals surface area (Å²) in [5.41, 5.74) is 0. The van der Waals surface area contributed by atoms with Crippen LogP contribution in [0.3, 0.4) is 0 Å². The van der Waals surface area contributed by atoms with Crippen LogP contribution in [0.4, 0.5) is 0 Å². The van der Waals surface area contributed by atoms with Crippen LogP contribution in [-0.4, -0.2) is 64.2 Å². The van der Waals surface area contributed by atoms with Crippen LogP contribution in [0.5, 0.6) is 0 Å². The van der Waals surface area contributed by atoms with Crippen LogP contribution in [0, 0.1) is 0 Å². The molecule has 16 heavy (non-hydrogen) atoms. The predicted molar refractivity (Wildman–Crippen MR) is 65.9 cm³/mol. The van der Waals surface area contributed by atoms with Crippen LogP contribution in [0.2, 0.25) is 0 Å². The number of rotatable bonds is 10. The lowest BCUT2D eigenvalue weighted by molar-refractivity contribution is -0.00896. The molecular formula is C12H27NO3. The number of likely N-dealkylation sites (N-methyl/N-ethyl adjacent to an activating group) is 1. The summed E-state index contributed by atoms with van der Waals surface area (Å²) in [5.74, 6) is 0. The molecule has 0 radical (unpaired) electrons. The molecular weight excluding hydrogens is 206 g/mol. The van der Waals surface area contributed by atoms with E-state index in [2.05, 4.69) is 25.7 Å². The van der Waals surface area contributed by atoms with Gasteiger partial charge in [-0.1, -0.05) is 6.92 Å². The highest BCUT2D eigenvalue weighted by atomic mass is 16.5. The van der Waals surface area contributed by atoms with Gasteiger partial charge in [-0.25, -0.2) is 0 Å². The van der Waals surface area contributed by atoms with Crippen molar-refractivity contribution in [2.75, 3.05) is 47.1 Å². The maximum Gasteiger partial charge on any atom is 0.0647 e. The van der Waals surface area contributed by atoms with Crippen LogP contribution in [-0.2, 0) is 14.2 Å². The number of hydrogen-bond donors (Lipinski definition) is 0. The van der Waals surface area contributed by atoms with Gasteiger partial charge in [0.05, 0.1) is 32.0 Å². The lowest BCUT2D eigenvalue weighted by Gasteiger charge is -2.30. The van der Waals surface area contributed by atoms with E-state index in [4.69, 9.17) is 14.2 Å². The molecule has 0 aromatic rings. The van der Waals surface area contributed by atoms with Crippen molar-refractivity contribution >= 4 is 0 Å². The van der Waals surface area contributed by atoms with Crippen LogP contribution in [0.25, 0.3) is 0 Å². The number of hydrogen-bond acceptors (Lipinski definition) is 4. The van der Waals surface area contributed by atoms with Crippen LogP contribution in [0.15, 0.2) is 0 Å². The summed E-state index contributed by atoms with van der Waals surface area (Å²) in [6.07, 6.45) is 0.264. The van der Waals surface area contributed by atoms with E-state index in [1.54, 1.807) is 14.2 Å². The topological polar surface area (TPSA) is 30.9 Å². The second-order valence-electron chi connectivity index (χ2n) is 4.11. The maximum atomic E-state index is 5.66. The second-order valence-corrected chi connectivity index (χ2v) is 4.11. The first-order valence-electron chi connectivity index (χ1n) is 5.99. The molecule has 0 N–H and O–H groups in total. The van der Waals surface area contributed by atoms with Gasteiger partial charge in [-0.2, -0.15) is 0 Å². The highest BCUT2D eigenvalue weighted by molar-refractivity contribution is 4.70. The molecule has 0 aliphatic heterocycles. The zero-order chi connectivity index (χ0) is 12.4. The van der Waals surface area contributed by atoms with Crippen molar-refractivity contribution in [1.29, 1.82) is 0 Å². The van der Waals surface area contributed by atoms with Crippen LogP contribution >= 0.6 is 0 Å². The van der Waals surface area contributed by atoms with Crippen LogP contribution < -0.4 is 0 Å². The Kier molecular flexibility index (Phi) is 9.92. The minimum atomic E-state index is 0.264. The van der Waals surface area contributed by atoms with E-state index in [1.165, 1.54) is 0 Å². The van der Waals surface area contributed by atoms with Gasteiger partial charge < -0.3 is 14.2 Å². The highest BCUT2D eigenvalue weighted by Gasteiger charge is 2.17. The standard InChI is InChI=1S/C12H27NO3/c1-6-13(7-8-14-4)12(9-15-5)10-16-11(2)3/h11-12H,6-10H2,1-5H3. The lowest BCUT2D eigenvalue weighted by Crippen LogP contribution is -2.43. The van der Waals surface area contributed by atoms with Crippen molar-refractivity contribution in [3.63, 3.8) is 0 Å². The van der Waals surface area contributed by atoms with Crippen molar-refractivity contribution in [2.24, 2.45) is 0 Å². The van der Waals surface area contributed by atoms with Crippen molar-refractivity contribution in [1.82, 2.24) is 4.90 Å². The van der Waals surface area contributed by atoms with E-state index in [0.717, 1.165) is 19.7 Å². The van der Waals surface area contributed by atoms with Crippen molar-refractivity contribution in [3.05, 3.63) is 0 Å². The molecule has 0 amide bonds. The third-order valence-electron chi connectivity index (χ3n) is 2.49. The molecule has 0 aliphatic carbocycles. The Bertz CT molecular complexity index is 153. The summed E-state index contributed by atoms with van der Waals surface area (Å²) in [4.78, 5) is 2.33. The van der Waals surface area contributed by atoms with E-state index >= 15 is 0 Å². The van der Waals surface area contributed by atoms with Gasteiger partial charge in [0, 0.05) is 20.8 Å². The molecule has 0 spiro atoms. The Morgan fingerprint density at radius 3 is 2.19 bits per heavy atom. The molecule has 1 unspecified atom stereocenters. The van der Waals surface area contributed by atoms with Crippen molar-refractivity contribution in [3.8, 4) is 0 Å². The quantitative estimate of drug-likeness (QED) is 0.570. The zero-order valence-electron chi connectivity index (χ0n) is 11.4. The maximum absolute atomic E-state index is 5.66. The van der Waals surface area contributed by atoms with Gasteiger partial charge in [0.25, 0.3) is 0 Å². The van der Waals surface area contributed by atoms with Gasteiger partial charge in [0.15, 0.2) is 0 Å². The summed E-state index contributed by atoms with van der Waals surface area (Å²) in [6, 6.07) is 0.313. The molecule has 0 bridgehead atoms. The summed E-state index contributed by atoms with van der Waals surface area (Å²) < 4.78 is 16.0. The molecule has 0 aromatic heterocycles. The summed E-state index contributed by atoms with van der Waals surface area (Å²) in [5, 5.41) is 0. The van der Waals surface area contributed by atoms with E-state index in [-0.39, 0.29) is 6.10 Å². The summed E-state index contributed by atoms with van der Waals surface area (Å²) in [7, 11) is 3.45. The first-order valence-corrected chi connectivity index (χ1v) is 5.99. The van der Waals surface area contributed by atoms with E-state index in [1.807, 2.05) is 0 Å². The second kappa shape index (κ2) is 10.0. The average molecular weight is 233 g/mol. The molecule has 1 atom stereocenters. The average Bonchev–Trinajstić information content (AvgIpc) is 2.26. The Balaban J connectivity index is 4.10. The SMILES string of the molecule is CCN(CCOC)C(COC)COC(C)C. The van der Waals surface area contributed by atoms with Gasteiger partial charge >= 0.3 is 0 Å². The molecule has 0 aromatic carbocycles. The van der Waals surface area contributed by atoms with Gasteiger partial charge in [0.1, 0.15) is 0 Å². The fourth-order valence-electron chi connectivity index (χ4n) is 1.56. The monoisotopic (exact) mass is 233 g/mol. The third-order valence-corrected chi connectivity index (χ3v) is 2.49. The zero-order valence-corrected chi connectivity index (χ0v) is 11.4. The molecule has 0 saturated heterocycles. The number of nitrogens with zero attached hydrogens (tertiary/aromatic N) is 1. The molecule has 0 aliphatic rings. The minimum Gasteiger partial charge on any atom is -0.383 e. The number of ether oxygens (including phenoxy) is 3. The Morgan fingerprint density at radius 1 is 1.06 bits per heavy atom. The van der Waals surface area contributed by atoms with E-state index in [0.29, 0.717) is 19.3 Å². The molecule has 0 saturated carbocycles. The summed E-state index contributed by atoms with van der Waals surface area (Å²) >= 11 is 0. The van der Waals surface area contributed by atoms with Crippen molar-refractivity contribution < 1.29 is 14.2 Å². The fourth-order valence-corrected chi connectivity index (χ4v) is 1.56. The fraction of sp³-hybridized carbons (Fsp3) is 1.00. The van der Waals surface area contributed by atoms with Gasteiger partial charge in [0.2, 0.25) is 0 Å². The lowest BCUT2D eigenvalue weighted by atomic mass is 10.2. The Morgan fingerprint density at radius 2 is 1.75 bits per heavy atom. The first-order chi connectivity index (χ1) is 7.65. The first kappa shape index (κ1) is 15.8. The smallest absolute Gasteiger partial charge is 0.0647 e. The molecule has 0 fully saturated rings. The van der Waals surface area contributed by atoms with Gasteiger partial charge in [-0.15, -0.1) is 0 Å². The molecule has 4 nitrogen and oxygen atoms in total. The summed E-state index contributed by atoms with van der Waals surface area (Å²) in [6.45, 7) is 10.3. The van der Waals surface area contributed by atoms with Crippen LogP contribution in [0.1, 0.15) is 20.8 Å². The highest BCUT2D eigenvalue weighted by Crippen LogP contribution is 2.03. The van der Waals surface area contributed by atoms with E-state index in [9.17, 15) is 0 Å². The third kappa shape index (κ3) is 7.17.